The number of allylic oxidation sites excluding steroid dienone is 2. The largest absolute Gasteiger partial charge is 0.496 e. The molecule has 2 atom stereocenters. The summed E-state index contributed by atoms with van der Waals surface area (Å²) in [6.45, 7) is 2.00. The summed E-state index contributed by atoms with van der Waals surface area (Å²) in [5.74, 6) is 0.0541. The molecule has 0 radical (unpaired) electrons. The van der Waals surface area contributed by atoms with Crippen LogP contribution in [0.5, 0.6) is 5.75 Å². The fourth-order valence-corrected chi connectivity index (χ4v) is 2.55. The second-order valence-corrected chi connectivity index (χ2v) is 4.79. The lowest BCUT2D eigenvalue weighted by Crippen LogP contribution is -2.24. The van der Waals surface area contributed by atoms with Crippen LogP contribution in [0.1, 0.15) is 25.3 Å². The first-order valence-corrected chi connectivity index (χ1v) is 6.18. The lowest BCUT2D eigenvalue weighted by atomic mass is 9.79. The van der Waals surface area contributed by atoms with E-state index in [1.165, 1.54) is 5.57 Å². The highest BCUT2D eigenvalue weighted by molar-refractivity contribution is 5.76. The minimum atomic E-state index is -0.696. The molecule has 96 valence electrons. The third kappa shape index (κ3) is 2.40. The van der Waals surface area contributed by atoms with E-state index in [0.717, 1.165) is 17.7 Å². The molecule has 0 aliphatic heterocycles. The van der Waals surface area contributed by atoms with E-state index in [2.05, 4.69) is 0 Å². The second kappa shape index (κ2) is 5.25. The van der Waals surface area contributed by atoms with Crippen LogP contribution in [0.15, 0.2) is 30.3 Å². The molecule has 0 unspecified atom stereocenters. The summed E-state index contributed by atoms with van der Waals surface area (Å²) in [5.41, 5.74) is 2.27. The van der Waals surface area contributed by atoms with Crippen molar-refractivity contribution in [2.24, 2.45) is 11.8 Å². The molecule has 0 saturated heterocycles. The molecular weight excluding hydrogens is 228 g/mol. The van der Waals surface area contributed by atoms with Gasteiger partial charge in [-0.15, -0.1) is 0 Å². The number of rotatable bonds is 3. The van der Waals surface area contributed by atoms with E-state index in [1.54, 1.807) is 7.11 Å². The van der Waals surface area contributed by atoms with Crippen LogP contribution in [0.3, 0.4) is 0 Å². The van der Waals surface area contributed by atoms with Crippen LogP contribution in [0, 0.1) is 11.8 Å². The third-order valence-electron chi connectivity index (χ3n) is 3.62. The molecule has 0 saturated carbocycles. The Morgan fingerprint density at radius 3 is 2.72 bits per heavy atom. The van der Waals surface area contributed by atoms with Crippen LogP contribution in [0.2, 0.25) is 0 Å². The number of hydrogen-bond acceptors (Lipinski definition) is 2. The Morgan fingerprint density at radius 2 is 2.11 bits per heavy atom. The van der Waals surface area contributed by atoms with Gasteiger partial charge in [-0.05, 0) is 30.4 Å². The quantitative estimate of drug-likeness (QED) is 0.890. The van der Waals surface area contributed by atoms with Crippen LogP contribution in [0.4, 0.5) is 0 Å². The van der Waals surface area contributed by atoms with Crippen LogP contribution < -0.4 is 4.74 Å². The van der Waals surface area contributed by atoms with Gasteiger partial charge in [-0.25, -0.2) is 0 Å². The Labute approximate surface area is 107 Å². The van der Waals surface area contributed by atoms with Crippen LogP contribution >= 0.6 is 0 Å². The fourth-order valence-electron chi connectivity index (χ4n) is 2.55. The smallest absolute Gasteiger partial charge is 0.307 e. The van der Waals surface area contributed by atoms with E-state index in [0.29, 0.717) is 6.42 Å². The Balaban J connectivity index is 2.28. The second-order valence-electron chi connectivity index (χ2n) is 4.79. The number of carbonyl (C=O) groups is 1. The van der Waals surface area contributed by atoms with Crippen molar-refractivity contribution in [3.63, 3.8) is 0 Å². The Bertz CT molecular complexity index is 476. The summed E-state index contributed by atoms with van der Waals surface area (Å²) in [4.78, 5) is 11.1. The van der Waals surface area contributed by atoms with Gasteiger partial charge in [0, 0.05) is 5.56 Å². The number of ether oxygens (including phenoxy) is 1. The molecule has 1 aliphatic rings. The summed E-state index contributed by atoms with van der Waals surface area (Å²) < 4.78 is 5.35. The molecule has 0 fully saturated rings. The first kappa shape index (κ1) is 12.7. The standard InChI is InChI=1S/C15H18O3/c1-10-9-11(7-8-12(10)15(16)17)13-5-3-4-6-14(13)18-2/h3-7,10,12H,8-9H2,1-2H3,(H,16,17)/t10-,12+/m0/s1. The van der Waals surface area contributed by atoms with Gasteiger partial charge in [0.05, 0.1) is 13.0 Å². The van der Waals surface area contributed by atoms with Crippen molar-refractivity contribution in [1.82, 2.24) is 0 Å². The molecule has 2 rings (SSSR count). The van der Waals surface area contributed by atoms with Crippen LogP contribution in [0.25, 0.3) is 5.57 Å². The maximum atomic E-state index is 11.1. The van der Waals surface area contributed by atoms with E-state index in [4.69, 9.17) is 9.84 Å². The monoisotopic (exact) mass is 246 g/mol. The molecule has 0 heterocycles. The zero-order valence-electron chi connectivity index (χ0n) is 10.7. The molecular formula is C15H18O3. The topological polar surface area (TPSA) is 46.5 Å². The van der Waals surface area contributed by atoms with Crippen LogP contribution in [-0.4, -0.2) is 18.2 Å². The predicted octanol–water partition coefficient (Wildman–Crippen LogP) is 3.21. The van der Waals surface area contributed by atoms with Crippen molar-refractivity contribution in [3.05, 3.63) is 35.9 Å². The zero-order chi connectivity index (χ0) is 13.1. The summed E-state index contributed by atoms with van der Waals surface area (Å²) in [7, 11) is 1.66. The first-order valence-electron chi connectivity index (χ1n) is 6.18. The minimum absolute atomic E-state index is 0.160. The van der Waals surface area contributed by atoms with Gasteiger partial charge in [0.1, 0.15) is 5.75 Å². The first-order chi connectivity index (χ1) is 8.63. The molecule has 1 aliphatic carbocycles. The molecule has 3 heteroatoms. The molecule has 0 bridgehead atoms. The van der Waals surface area contributed by atoms with Gasteiger partial charge in [-0.2, -0.15) is 0 Å². The molecule has 0 aromatic heterocycles. The molecule has 3 nitrogen and oxygen atoms in total. The normalized spacial score (nSPS) is 23.3. The van der Waals surface area contributed by atoms with Gasteiger partial charge < -0.3 is 9.84 Å². The summed E-state index contributed by atoms with van der Waals surface area (Å²) in [5, 5.41) is 9.11. The number of carboxylic acids is 1. The molecule has 1 aromatic rings. The highest BCUT2D eigenvalue weighted by Gasteiger charge is 2.28. The van der Waals surface area contributed by atoms with E-state index >= 15 is 0 Å². The maximum absolute atomic E-state index is 11.1. The van der Waals surface area contributed by atoms with Crippen molar-refractivity contribution >= 4 is 11.5 Å². The molecule has 18 heavy (non-hydrogen) atoms. The van der Waals surface area contributed by atoms with Gasteiger partial charge in [0.15, 0.2) is 0 Å². The Hall–Kier alpha value is -1.77. The Kier molecular flexibility index (Phi) is 3.70. The number of carboxylic acid groups (broad SMARTS) is 1. The van der Waals surface area contributed by atoms with Crippen LogP contribution in [-0.2, 0) is 4.79 Å². The van der Waals surface area contributed by atoms with Crippen molar-refractivity contribution in [3.8, 4) is 5.75 Å². The lowest BCUT2D eigenvalue weighted by molar-refractivity contribution is -0.143. The SMILES string of the molecule is COc1ccccc1C1=CC[C@@H](C(=O)O)[C@@H](C)C1. The number of hydrogen-bond donors (Lipinski definition) is 1. The number of methoxy groups -OCH3 is 1. The highest BCUT2D eigenvalue weighted by atomic mass is 16.5. The summed E-state index contributed by atoms with van der Waals surface area (Å²) in [6.07, 6.45) is 3.43. The third-order valence-corrected chi connectivity index (χ3v) is 3.62. The average Bonchev–Trinajstić information content (AvgIpc) is 2.38. The van der Waals surface area contributed by atoms with Crippen molar-refractivity contribution in [2.75, 3.05) is 7.11 Å². The van der Waals surface area contributed by atoms with E-state index in [1.807, 2.05) is 37.3 Å². The molecule has 0 amide bonds. The average molecular weight is 246 g/mol. The summed E-state index contributed by atoms with van der Waals surface area (Å²) >= 11 is 0. The van der Waals surface area contributed by atoms with Gasteiger partial charge in [0.2, 0.25) is 0 Å². The zero-order valence-corrected chi connectivity index (χ0v) is 10.7. The fraction of sp³-hybridized carbons (Fsp3) is 0.400. The van der Waals surface area contributed by atoms with Crippen molar-refractivity contribution in [1.29, 1.82) is 0 Å². The summed E-state index contributed by atoms with van der Waals surface area (Å²) in [6, 6.07) is 7.88. The van der Waals surface area contributed by atoms with Gasteiger partial charge in [0.25, 0.3) is 0 Å². The van der Waals surface area contributed by atoms with E-state index in [9.17, 15) is 4.79 Å². The minimum Gasteiger partial charge on any atom is -0.496 e. The van der Waals surface area contributed by atoms with Crippen molar-refractivity contribution in [2.45, 2.75) is 19.8 Å². The Morgan fingerprint density at radius 1 is 1.39 bits per heavy atom. The van der Waals surface area contributed by atoms with Gasteiger partial charge in [-0.1, -0.05) is 31.2 Å². The number of para-hydroxylation sites is 1. The predicted molar refractivity (Wildman–Crippen MR) is 70.5 cm³/mol. The molecule has 1 aromatic carbocycles. The number of aliphatic carboxylic acids is 1. The van der Waals surface area contributed by atoms with Crippen molar-refractivity contribution < 1.29 is 14.6 Å². The maximum Gasteiger partial charge on any atom is 0.307 e. The molecule has 1 N–H and O–H groups in total. The molecule has 0 spiro atoms. The lowest BCUT2D eigenvalue weighted by Gasteiger charge is -2.26. The highest BCUT2D eigenvalue weighted by Crippen LogP contribution is 2.37. The van der Waals surface area contributed by atoms with Gasteiger partial charge >= 0.3 is 5.97 Å². The van der Waals surface area contributed by atoms with E-state index < -0.39 is 5.97 Å². The van der Waals surface area contributed by atoms with Gasteiger partial charge in [-0.3, -0.25) is 4.79 Å². The van der Waals surface area contributed by atoms with E-state index in [-0.39, 0.29) is 11.8 Å². The number of benzene rings is 1.